The van der Waals surface area contributed by atoms with E-state index in [4.69, 9.17) is 9.47 Å². The van der Waals surface area contributed by atoms with Crippen LogP contribution in [0, 0.1) is 31.6 Å². The molecule has 1 aromatic carbocycles. The average molecular weight is 286 g/mol. The van der Waals surface area contributed by atoms with Crippen molar-refractivity contribution in [2.24, 2.45) is 17.8 Å². The first kappa shape index (κ1) is 12.9. The highest BCUT2D eigenvalue weighted by molar-refractivity contribution is 5.90. The van der Waals surface area contributed by atoms with Crippen LogP contribution in [0.3, 0.4) is 0 Å². The molecule has 1 saturated heterocycles. The van der Waals surface area contributed by atoms with Gasteiger partial charge < -0.3 is 9.47 Å². The Morgan fingerprint density at radius 2 is 2.05 bits per heavy atom. The summed E-state index contributed by atoms with van der Waals surface area (Å²) in [6.07, 6.45) is 1.29. The van der Waals surface area contributed by atoms with E-state index in [1.165, 1.54) is 0 Å². The van der Waals surface area contributed by atoms with Gasteiger partial charge in [-0.15, -0.1) is 0 Å². The molecule has 4 rings (SSSR count). The number of fused-ring (bicyclic) bond motifs is 1. The van der Waals surface area contributed by atoms with E-state index in [1.807, 2.05) is 26.0 Å². The average Bonchev–Trinajstić information content (AvgIpc) is 3.06. The number of carbonyl (C=O) groups is 2. The predicted molar refractivity (Wildman–Crippen MR) is 74.7 cm³/mol. The van der Waals surface area contributed by atoms with Gasteiger partial charge in [0, 0.05) is 11.8 Å². The van der Waals surface area contributed by atoms with Crippen molar-refractivity contribution in [1.29, 1.82) is 0 Å². The molecular weight excluding hydrogens is 268 g/mol. The number of ether oxygens (including phenoxy) is 2. The van der Waals surface area contributed by atoms with Crippen molar-refractivity contribution in [3.63, 3.8) is 0 Å². The Bertz CT molecular complexity index is 636. The molecule has 0 spiro atoms. The fraction of sp³-hybridized carbons (Fsp3) is 0.529. The standard InChI is InChI=1S/C17H18O4/c1-8-3-4-10(5-9(8)2)16(18)20-14-11-6-12-13(7-11)17(19)21-15(12)14/h3-5,11-15H,6-7H2,1-2H3/t11-,12+,13-,14-,15-/m1/s1. The molecule has 3 fully saturated rings. The maximum absolute atomic E-state index is 12.3. The number of benzene rings is 1. The minimum absolute atomic E-state index is 0.0524. The van der Waals surface area contributed by atoms with Crippen molar-refractivity contribution in [3.05, 3.63) is 34.9 Å². The monoisotopic (exact) mass is 286 g/mol. The molecular formula is C17H18O4. The molecule has 5 atom stereocenters. The highest BCUT2D eigenvalue weighted by Crippen LogP contribution is 2.55. The molecule has 4 heteroatoms. The fourth-order valence-corrected chi connectivity index (χ4v) is 4.12. The number of hydrogen-bond acceptors (Lipinski definition) is 4. The summed E-state index contributed by atoms with van der Waals surface area (Å²) in [5.74, 6) is 0.191. The van der Waals surface area contributed by atoms with Gasteiger partial charge in [0.2, 0.25) is 0 Å². The van der Waals surface area contributed by atoms with Crippen molar-refractivity contribution in [1.82, 2.24) is 0 Å². The second-order valence-corrected chi connectivity index (χ2v) is 6.57. The lowest BCUT2D eigenvalue weighted by molar-refractivity contribution is -0.146. The smallest absolute Gasteiger partial charge is 0.338 e. The normalized spacial score (nSPS) is 35.9. The Morgan fingerprint density at radius 3 is 2.81 bits per heavy atom. The minimum Gasteiger partial charge on any atom is -0.458 e. The lowest BCUT2D eigenvalue weighted by atomic mass is 9.88. The molecule has 110 valence electrons. The van der Waals surface area contributed by atoms with Gasteiger partial charge >= 0.3 is 11.9 Å². The zero-order valence-corrected chi connectivity index (χ0v) is 12.2. The lowest BCUT2D eigenvalue weighted by Crippen LogP contribution is -2.36. The van der Waals surface area contributed by atoms with E-state index >= 15 is 0 Å². The van der Waals surface area contributed by atoms with E-state index in [-0.39, 0.29) is 41.9 Å². The van der Waals surface area contributed by atoms with Crippen LogP contribution in [0.25, 0.3) is 0 Å². The van der Waals surface area contributed by atoms with Gasteiger partial charge in [0.15, 0.2) is 0 Å². The van der Waals surface area contributed by atoms with Crippen molar-refractivity contribution in [2.75, 3.05) is 0 Å². The van der Waals surface area contributed by atoms with Crippen molar-refractivity contribution in [2.45, 2.75) is 38.9 Å². The Kier molecular flexibility index (Phi) is 2.65. The van der Waals surface area contributed by atoms with Crippen LogP contribution in [0.15, 0.2) is 18.2 Å². The van der Waals surface area contributed by atoms with Gasteiger partial charge in [-0.2, -0.15) is 0 Å². The van der Waals surface area contributed by atoms with Crippen LogP contribution < -0.4 is 0 Å². The summed E-state index contributed by atoms with van der Waals surface area (Å²) in [6.45, 7) is 3.99. The molecule has 0 amide bonds. The quantitative estimate of drug-likeness (QED) is 0.783. The summed E-state index contributed by atoms with van der Waals surface area (Å²) < 4.78 is 11.1. The van der Waals surface area contributed by atoms with E-state index in [0.717, 1.165) is 24.0 Å². The van der Waals surface area contributed by atoms with Gasteiger partial charge in [0.05, 0.1) is 11.5 Å². The maximum Gasteiger partial charge on any atom is 0.338 e. The highest BCUT2D eigenvalue weighted by atomic mass is 16.6. The molecule has 1 heterocycles. The van der Waals surface area contributed by atoms with Crippen LogP contribution in [-0.2, 0) is 14.3 Å². The summed E-state index contributed by atoms with van der Waals surface area (Å²) >= 11 is 0. The van der Waals surface area contributed by atoms with Crippen molar-refractivity contribution >= 4 is 11.9 Å². The minimum atomic E-state index is -0.310. The molecule has 0 unspecified atom stereocenters. The SMILES string of the molecule is Cc1ccc(C(=O)O[C@@H]2[C@@H]3C[C@@H]4[C@H]2OC(=O)[C@@H]4C3)cc1C. The van der Waals surface area contributed by atoms with Crippen LogP contribution in [0.2, 0.25) is 0 Å². The Balaban J connectivity index is 1.53. The second-order valence-electron chi connectivity index (χ2n) is 6.57. The third-order valence-corrected chi connectivity index (χ3v) is 5.40. The van der Waals surface area contributed by atoms with Gasteiger partial charge in [-0.25, -0.2) is 4.79 Å². The van der Waals surface area contributed by atoms with E-state index in [0.29, 0.717) is 5.56 Å². The van der Waals surface area contributed by atoms with Crippen LogP contribution >= 0.6 is 0 Å². The van der Waals surface area contributed by atoms with E-state index in [2.05, 4.69) is 0 Å². The Hall–Kier alpha value is -1.84. The molecule has 1 aromatic rings. The molecule has 0 radical (unpaired) electrons. The number of rotatable bonds is 2. The Labute approximate surface area is 123 Å². The first-order valence-electron chi connectivity index (χ1n) is 7.53. The zero-order chi connectivity index (χ0) is 14.7. The number of aryl methyl sites for hydroxylation is 2. The summed E-state index contributed by atoms with van der Waals surface area (Å²) in [7, 11) is 0. The van der Waals surface area contributed by atoms with Crippen LogP contribution in [-0.4, -0.2) is 24.1 Å². The first-order chi connectivity index (χ1) is 10.0. The maximum atomic E-state index is 12.3. The van der Waals surface area contributed by atoms with Crippen LogP contribution in [0.5, 0.6) is 0 Å². The summed E-state index contributed by atoms with van der Waals surface area (Å²) in [5.41, 5.74) is 2.80. The molecule has 0 aromatic heterocycles. The fourth-order valence-electron chi connectivity index (χ4n) is 4.12. The third kappa shape index (κ3) is 1.81. The number of esters is 2. The molecule has 2 aliphatic carbocycles. The van der Waals surface area contributed by atoms with Gasteiger partial charge in [0.25, 0.3) is 0 Å². The molecule has 1 aliphatic heterocycles. The molecule has 21 heavy (non-hydrogen) atoms. The number of carbonyl (C=O) groups excluding carboxylic acids is 2. The first-order valence-corrected chi connectivity index (χ1v) is 7.53. The number of hydrogen-bond donors (Lipinski definition) is 0. The molecule has 0 N–H and O–H groups in total. The van der Waals surface area contributed by atoms with Crippen LogP contribution in [0.4, 0.5) is 0 Å². The third-order valence-electron chi connectivity index (χ3n) is 5.40. The van der Waals surface area contributed by atoms with Gasteiger partial charge in [-0.3, -0.25) is 4.79 Å². The summed E-state index contributed by atoms with van der Waals surface area (Å²) in [4.78, 5) is 24.0. The van der Waals surface area contributed by atoms with Gasteiger partial charge in [-0.05, 0) is 49.9 Å². The molecule has 3 aliphatic rings. The van der Waals surface area contributed by atoms with Gasteiger partial charge in [-0.1, -0.05) is 6.07 Å². The van der Waals surface area contributed by atoms with E-state index in [9.17, 15) is 9.59 Å². The van der Waals surface area contributed by atoms with E-state index < -0.39 is 0 Å². The van der Waals surface area contributed by atoms with Gasteiger partial charge in [0.1, 0.15) is 12.2 Å². The lowest BCUT2D eigenvalue weighted by Gasteiger charge is -2.25. The summed E-state index contributed by atoms with van der Waals surface area (Å²) in [5, 5.41) is 0. The predicted octanol–water partition coefficient (Wildman–Crippen LogP) is 2.41. The zero-order valence-electron chi connectivity index (χ0n) is 12.2. The molecule has 2 saturated carbocycles. The van der Waals surface area contributed by atoms with Crippen molar-refractivity contribution < 1.29 is 19.1 Å². The highest BCUT2D eigenvalue weighted by Gasteiger charge is 2.63. The van der Waals surface area contributed by atoms with Crippen LogP contribution in [0.1, 0.15) is 34.3 Å². The summed E-state index contributed by atoms with van der Waals surface area (Å²) in [6, 6.07) is 5.58. The Morgan fingerprint density at radius 1 is 1.24 bits per heavy atom. The van der Waals surface area contributed by atoms with Crippen molar-refractivity contribution in [3.8, 4) is 0 Å². The largest absolute Gasteiger partial charge is 0.458 e. The second kappa shape index (κ2) is 4.33. The molecule has 4 nitrogen and oxygen atoms in total. The topological polar surface area (TPSA) is 52.6 Å². The molecule has 2 bridgehead atoms. The van der Waals surface area contributed by atoms with E-state index in [1.54, 1.807) is 6.07 Å².